The Morgan fingerprint density at radius 2 is 1.39 bits per heavy atom. The zero-order valence-electron chi connectivity index (χ0n) is 25.7. The normalized spacial score (nSPS) is 10.5. The van der Waals surface area contributed by atoms with Crippen LogP contribution in [0.4, 0.5) is 5.69 Å². The van der Waals surface area contributed by atoms with Crippen LogP contribution >= 0.6 is 12.4 Å². The van der Waals surface area contributed by atoms with Gasteiger partial charge in [0.15, 0.2) is 35.4 Å². The van der Waals surface area contributed by atoms with Gasteiger partial charge in [-0.2, -0.15) is 4.73 Å². The molecule has 0 aliphatic rings. The summed E-state index contributed by atoms with van der Waals surface area (Å²) in [6.45, 7) is 0.0921. The number of anilines is 1. The third-order valence-corrected chi connectivity index (χ3v) is 7.22. The Hall–Kier alpha value is -5.62. The summed E-state index contributed by atoms with van der Waals surface area (Å²) in [6.07, 6.45) is 2.72. The lowest BCUT2D eigenvalue weighted by atomic mass is 9.95. The first-order valence-corrected chi connectivity index (χ1v) is 13.6. The van der Waals surface area contributed by atoms with Gasteiger partial charge in [0.1, 0.15) is 12.3 Å². The fourth-order valence-electron chi connectivity index (χ4n) is 5.06. The molecule has 0 fully saturated rings. The van der Waals surface area contributed by atoms with Gasteiger partial charge in [-0.1, -0.05) is 0 Å². The van der Waals surface area contributed by atoms with Crippen LogP contribution in [0.5, 0.6) is 28.7 Å². The highest BCUT2D eigenvalue weighted by molar-refractivity contribution is 6.08. The van der Waals surface area contributed by atoms with Crippen molar-refractivity contribution in [3.05, 3.63) is 99.9 Å². The van der Waals surface area contributed by atoms with Crippen molar-refractivity contribution < 1.29 is 37.9 Å². The SMILES string of the molecule is COC(=O)c1c(-c2cc(OC)c(OC)c(OC)c2)c2cc(OC)c(OCc3cc[n+]([O-])cc3)cc2c(=O)n1-c1ccc(N)cc1.Cl. The van der Waals surface area contributed by atoms with Gasteiger partial charge in [0.2, 0.25) is 5.75 Å². The molecule has 13 heteroatoms. The number of fused-ring (bicyclic) bond motifs is 1. The maximum atomic E-state index is 14.4. The van der Waals surface area contributed by atoms with Gasteiger partial charge in [0, 0.05) is 40.0 Å². The third kappa shape index (κ3) is 6.15. The fourth-order valence-corrected chi connectivity index (χ4v) is 5.06. The van der Waals surface area contributed by atoms with Crippen LogP contribution in [0, 0.1) is 5.21 Å². The Bertz CT molecular complexity index is 1920. The molecule has 0 atom stereocenters. The van der Waals surface area contributed by atoms with E-state index in [1.807, 2.05) is 0 Å². The van der Waals surface area contributed by atoms with Crippen LogP contribution in [-0.4, -0.2) is 46.1 Å². The van der Waals surface area contributed by atoms with Crippen molar-refractivity contribution in [3.63, 3.8) is 0 Å². The third-order valence-electron chi connectivity index (χ3n) is 7.22. The van der Waals surface area contributed by atoms with Gasteiger partial charge in [-0.3, -0.25) is 9.36 Å². The number of benzene rings is 3. The van der Waals surface area contributed by atoms with E-state index in [1.165, 1.54) is 52.5 Å². The molecule has 0 unspecified atom stereocenters. The number of esters is 1. The zero-order chi connectivity index (χ0) is 32.2. The Morgan fingerprint density at radius 3 is 1.93 bits per heavy atom. The summed E-state index contributed by atoms with van der Waals surface area (Å²) in [6, 6.07) is 16.3. The topological polar surface area (TPSA) is 147 Å². The number of nitrogens with two attached hydrogens (primary N) is 1. The van der Waals surface area contributed by atoms with Gasteiger partial charge < -0.3 is 39.4 Å². The molecule has 46 heavy (non-hydrogen) atoms. The van der Waals surface area contributed by atoms with Gasteiger partial charge >= 0.3 is 5.97 Å². The quantitative estimate of drug-likeness (QED) is 0.0977. The van der Waals surface area contributed by atoms with E-state index < -0.39 is 11.5 Å². The van der Waals surface area contributed by atoms with Crippen LogP contribution in [0.1, 0.15) is 16.1 Å². The van der Waals surface area contributed by atoms with Crippen LogP contribution in [0.2, 0.25) is 0 Å². The molecule has 0 bridgehead atoms. The highest BCUT2D eigenvalue weighted by atomic mass is 35.5. The van der Waals surface area contributed by atoms with Gasteiger partial charge in [-0.15, -0.1) is 12.4 Å². The maximum absolute atomic E-state index is 14.4. The van der Waals surface area contributed by atoms with E-state index in [1.54, 1.807) is 60.7 Å². The summed E-state index contributed by atoms with van der Waals surface area (Å²) in [5.74, 6) is 0.799. The standard InChI is InChI=1S/C33H31N3O9.ClH/c1-40-25-16-23-24(17-26(25)45-18-19-10-12-35(39)13-11-19)32(37)36(22-8-6-21(34)7-9-22)30(33(38)44-5)29(23)20-14-27(41-2)31(43-4)28(15-20)42-3;/h6-17H,18,34H2,1-5H3;1H. The van der Waals surface area contributed by atoms with E-state index in [9.17, 15) is 14.8 Å². The van der Waals surface area contributed by atoms with Crippen LogP contribution < -0.4 is 39.7 Å². The molecule has 3 aromatic carbocycles. The number of hydrogen-bond acceptors (Lipinski definition) is 10. The molecular formula is C33H32ClN3O9. The summed E-state index contributed by atoms with van der Waals surface area (Å²) in [7, 11) is 7.14. The first-order valence-electron chi connectivity index (χ1n) is 13.6. The van der Waals surface area contributed by atoms with E-state index in [0.29, 0.717) is 55.6 Å². The molecule has 0 aliphatic heterocycles. The number of methoxy groups -OCH3 is 5. The summed E-state index contributed by atoms with van der Waals surface area (Å²) < 4.78 is 35.7. The predicted octanol–water partition coefficient (Wildman–Crippen LogP) is 4.70. The molecule has 12 nitrogen and oxygen atoms in total. The molecule has 240 valence electrons. The number of pyridine rings is 2. The van der Waals surface area contributed by atoms with Crippen molar-refractivity contribution in [2.24, 2.45) is 0 Å². The molecule has 0 saturated carbocycles. The number of nitrogens with zero attached hydrogens (tertiary/aromatic N) is 2. The molecule has 0 aliphatic carbocycles. The van der Waals surface area contributed by atoms with Gasteiger partial charge in [0.25, 0.3) is 5.56 Å². The Labute approximate surface area is 270 Å². The smallest absolute Gasteiger partial charge is 0.355 e. The van der Waals surface area contributed by atoms with Crippen molar-refractivity contribution in [1.82, 2.24) is 4.57 Å². The lowest BCUT2D eigenvalue weighted by Gasteiger charge is -2.21. The number of aromatic nitrogens is 2. The van der Waals surface area contributed by atoms with E-state index in [0.717, 1.165) is 5.56 Å². The largest absolute Gasteiger partial charge is 0.619 e. The number of rotatable bonds is 10. The molecule has 5 rings (SSSR count). The van der Waals surface area contributed by atoms with Crippen molar-refractivity contribution in [1.29, 1.82) is 0 Å². The summed E-state index contributed by atoms with van der Waals surface area (Å²) >= 11 is 0. The molecule has 2 N–H and O–H groups in total. The first kappa shape index (κ1) is 33.3. The van der Waals surface area contributed by atoms with E-state index in [4.69, 9.17) is 34.2 Å². The first-order chi connectivity index (χ1) is 21.7. The summed E-state index contributed by atoms with van der Waals surface area (Å²) in [5.41, 5.74) is 7.73. The maximum Gasteiger partial charge on any atom is 0.355 e. The second kappa shape index (κ2) is 14.0. The van der Waals surface area contributed by atoms with Crippen LogP contribution in [0.15, 0.2) is 77.9 Å². The lowest BCUT2D eigenvalue weighted by molar-refractivity contribution is -0.605. The van der Waals surface area contributed by atoms with Crippen LogP contribution in [0.3, 0.4) is 0 Å². The molecule has 0 radical (unpaired) electrons. The number of halogens is 1. The molecule has 2 heterocycles. The number of carbonyl (C=O) groups excluding carboxylic acids is 1. The minimum atomic E-state index is -0.770. The Kier molecular flexibility index (Phi) is 10.1. The summed E-state index contributed by atoms with van der Waals surface area (Å²) in [5, 5.41) is 12.1. The molecule has 2 aromatic heterocycles. The second-order valence-corrected chi connectivity index (χ2v) is 9.76. The molecule has 0 saturated heterocycles. The Morgan fingerprint density at radius 1 is 0.804 bits per heavy atom. The molecular weight excluding hydrogens is 618 g/mol. The highest BCUT2D eigenvalue weighted by Gasteiger charge is 2.28. The minimum Gasteiger partial charge on any atom is -0.619 e. The average molecular weight is 650 g/mol. The van der Waals surface area contributed by atoms with Gasteiger partial charge in [-0.25, -0.2) is 4.79 Å². The molecule has 0 amide bonds. The summed E-state index contributed by atoms with van der Waals surface area (Å²) in [4.78, 5) is 28.0. The number of carbonyl (C=O) groups is 1. The minimum absolute atomic E-state index is 0. The number of hydrogen-bond donors (Lipinski definition) is 1. The highest BCUT2D eigenvalue weighted by Crippen LogP contribution is 2.45. The van der Waals surface area contributed by atoms with Crippen LogP contribution in [0.25, 0.3) is 27.6 Å². The van der Waals surface area contributed by atoms with Gasteiger partial charge in [-0.05, 0) is 54.1 Å². The van der Waals surface area contributed by atoms with Crippen LogP contribution in [-0.2, 0) is 11.3 Å². The van der Waals surface area contributed by atoms with E-state index >= 15 is 0 Å². The monoisotopic (exact) mass is 649 g/mol. The second-order valence-electron chi connectivity index (χ2n) is 9.76. The lowest BCUT2D eigenvalue weighted by Crippen LogP contribution is -2.27. The van der Waals surface area contributed by atoms with Gasteiger partial charge in [0.05, 0.1) is 40.9 Å². The predicted molar refractivity (Wildman–Crippen MR) is 174 cm³/mol. The fraction of sp³-hybridized carbons (Fsp3) is 0.182. The van der Waals surface area contributed by atoms with E-state index in [-0.39, 0.29) is 35.8 Å². The van der Waals surface area contributed by atoms with Crippen molar-refractivity contribution in [3.8, 4) is 45.6 Å². The van der Waals surface area contributed by atoms with E-state index in [2.05, 4.69) is 0 Å². The molecule has 0 spiro atoms. The average Bonchev–Trinajstić information content (AvgIpc) is 3.07. The van der Waals surface area contributed by atoms with Crippen molar-refractivity contribution in [2.75, 3.05) is 41.3 Å². The molecule has 5 aromatic rings. The van der Waals surface area contributed by atoms with Crippen molar-refractivity contribution in [2.45, 2.75) is 6.61 Å². The number of ether oxygens (including phenoxy) is 6. The Balaban J connectivity index is 0.00000480. The van der Waals surface area contributed by atoms with Crippen molar-refractivity contribution >= 4 is 34.8 Å². The number of nitrogen functional groups attached to an aromatic ring is 1. The zero-order valence-corrected chi connectivity index (χ0v) is 26.5.